The first-order valence-corrected chi connectivity index (χ1v) is 6.75. The third-order valence-electron chi connectivity index (χ3n) is 3.08. The SMILES string of the molecule is Cc1ccc(C(=O)OCC(=O)Nc2ccc(C)c(F)c2)cc1. The van der Waals surface area contributed by atoms with Gasteiger partial charge >= 0.3 is 5.97 Å². The molecule has 5 heteroatoms. The summed E-state index contributed by atoms with van der Waals surface area (Å²) in [6.45, 7) is 3.11. The van der Waals surface area contributed by atoms with Crippen LogP contribution in [-0.4, -0.2) is 18.5 Å². The molecule has 1 amide bonds. The van der Waals surface area contributed by atoms with Crippen LogP contribution in [0.3, 0.4) is 0 Å². The minimum Gasteiger partial charge on any atom is -0.452 e. The summed E-state index contributed by atoms with van der Waals surface area (Å²) >= 11 is 0. The van der Waals surface area contributed by atoms with Crippen molar-refractivity contribution in [1.82, 2.24) is 0 Å². The minimum atomic E-state index is -0.578. The molecule has 0 radical (unpaired) electrons. The molecule has 2 aromatic carbocycles. The summed E-state index contributed by atoms with van der Waals surface area (Å²) < 4.78 is 18.3. The average Bonchev–Trinajstić information content (AvgIpc) is 2.49. The highest BCUT2D eigenvalue weighted by Gasteiger charge is 2.10. The number of rotatable bonds is 4. The molecule has 0 saturated carbocycles. The van der Waals surface area contributed by atoms with E-state index in [0.717, 1.165) is 5.56 Å². The Morgan fingerprint density at radius 1 is 1.09 bits per heavy atom. The van der Waals surface area contributed by atoms with Crippen LogP contribution in [0.2, 0.25) is 0 Å². The van der Waals surface area contributed by atoms with E-state index in [1.165, 1.54) is 6.07 Å². The lowest BCUT2D eigenvalue weighted by Gasteiger charge is -2.07. The van der Waals surface area contributed by atoms with Crippen molar-refractivity contribution >= 4 is 17.6 Å². The number of amides is 1. The van der Waals surface area contributed by atoms with Gasteiger partial charge in [0.1, 0.15) is 5.82 Å². The molecule has 0 unspecified atom stereocenters. The molecule has 0 aliphatic heterocycles. The van der Waals surface area contributed by atoms with E-state index in [1.54, 1.807) is 43.3 Å². The number of halogens is 1. The Morgan fingerprint density at radius 3 is 2.41 bits per heavy atom. The van der Waals surface area contributed by atoms with Crippen molar-refractivity contribution in [3.05, 3.63) is 65.0 Å². The van der Waals surface area contributed by atoms with Crippen molar-refractivity contribution < 1.29 is 18.7 Å². The Bertz CT molecular complexity index is 696. The van der Waals surface area contributed by atoms with E-state index < -0.39 is 24.3 Å². The van der Waals surface area contributed by atoms with Crippen molar-refractivity contribution in [3.8, 4) is 0 Å². The molecule has 2 aromatic rings. The second kappa shape index (κ2) is 6.85. The summed E-state index contributed by atoms with van der Waals surface area (Å²) in [5, 5.41) is 2.47. The second-order valence-electron chi connectivity index (χ2n) is 4.95. The highest BCUT2D eigenvalue weighted by molar-refractivity contribution is 5.95. The van der Waals surface area contributed by atoms with Gasteiger partial charge in [-0.05, 0) is 43.7 Å². The van der Waals surface area contributed by atoms with Gasteiger partial charge in [-0.2, -0.15) is 0 Å². The summed E-state index contributed by atoms with van der Waals surface area (Å²) in [5.41, 5.74) is 2.21. The molecule has 0 spiro atoms. The van der Waals surface area contributed by atoms with Gasteiger partial charge in [-0.1, -0.05) is 23.8 Å². The summed E-state index contributed by atoms with van der Waals surface area (Å²) in [5.74, 6) is -1.51. The molecule has 1 N–H and O–H groups in total. The van der Waals surface area contributed by atoms with Crippen LogP contribution < -0.4 is 5.32 Å². The minimum absolute atomic E-state index is 0.319. The smallest absolute Gasteiger partial charge is 0.338 e. The van der Waals surface area contributed by atoms with Crippen LogP contribution in [0.25, 0.3) is 0 Å². The van der Waals surface area contributed by atoms with Gasteiger partial charge < -0.3 is 10.1 Å². The molecule has 0 saturated heterocycles. The molecule has 0 heterocycles. The zero-order valence-electron chi connectivity index (χ0n) is 12.4. The molecular weight excluding hydrogens is 285 g/mol. The van der Waals surface area contributed by atoms with Crippen LogP contribution >= 0.6 is 0 Å². The Kier molecular flexibility index (Phi) is 4.88. The lowest BCUT2D eigenvalue weighted by atomic mass is 10.1. The number of anilines is 1. The van der Waals surface area contributed by atoms with Crippen molar-refractivity contribution in [3.63, 3.8) is 0 Å². The lowest BCUT2D eigenvalue weighted by molar-refractivity contribution is -0.119. The number of benzene rings is 2. The maximum Gasteiger partial charge on any atom is 0.338 e. The van der Waals surface area contributed by atoms with E-state index in [-0.39, 0.29) is 0 Å². The van der Waals surface area contributed by atoms with Gasteiger partial charge in [0.05, 0.1) is 5.56 Å². The first kappa shape index (κ1) is 15.7. The zero-order chi connectivity index (χ0) is 16.1. The first-order valence-electron chi connectivity index (χ1n) is 6.75. The largest absolute Gasteiger partial charge is 0.452 e. The fraction of sp³-hybridized carbons (Fsp3) is 0.176. The third kappa shape index (κ3) is 4.15. The molecule has 0 fully saturated rings. The molecule has 0 bridgehead atoms. The van der Waals surface area contributed by atoms with Crippen LogP contribution in [-0.2, 0) is 9.53 Å². The highest BCUT2D eigenvalue weighted by Crippen LogP contribution is 2.13. The summed E-state index contributed by atoms with van der Waals surface area (Å²) in [7, 11) is 0. The predicted octanol–water partition coefficient (Wildman–Crippen LogP) is 3.24. The van der Waals surface area contributed by atoms with Crippen LogP contribution in [0.4, 0.5) is 10.1 Å². The number of nitrogens with one attached hydrogen (secondary N) is 1. The van der Waals surface area contributed by atoms with E-state index in [9.17, 15) is 14.0 Å². The number of hydrogen-bond donors (Lipinski definition) is 1. The Morgan fingerprint density at radius 2 is 1.77 bits per heavy atom. The van der Waals surface area contributed by atoms with Crippen LogP contribution in [0, 0.1) is 19.7 Å². The molecule has 4 nitrogen and oxygen atoms in total. The lowest BCUT2D eigenvalue weighted by Crippen LogP contribution is -2.21. The molecule has 0 aromatic heterocycles. The Hall–Kier alpha value is -2.69. The number of carbonyl (C=O) groups is 2. The quantitative estimate of drug-likeness (QED) is 0.882. The molecule has 0 aliphatic rings. The van der Waals surface area contributed by atoms with Crippen LogP contribution in [0.15, 0.2) is 42.5 Å². The summed E-state index contributed by atoms with van der Waals surface area (Å²) in [4.78, 5) is 23.4. The number of aryl methyl sites for hydroxylation is 2. The molecular formula is C17H16FNO3. The van der Waals surface area contributed by atoms with Crippen molar-refractivity contribution in [2.24, 2.45) is 0 Å². The van der Waals surface area contributed by atoms with Gasteiger partial charge in [0, 0.05) is 5.69 Å². The van der Waals surface area contributed by atoms with Gasteiger partial charge in [0.15, 0.2) is 6.61 Å². The van der Waals surface area contributed by atoms with Crippen LogP contribution in [0.5, 0.6) is 0 Å². The molecule has 114 valence electrons. The van der Waals surface area contributed by atoms with Crippen molar-refractivity contribution in [2.45, 2.75) is 13.8 Å². The zero-order valence-corrected chi connectivity index (χ0v) is 12.4. The maximum atomic E-state index is 13.4. The van der Waals surface area contributed by atoms with E-state index in [0.29, 0.717) is 16.8 Å². The third-order valence-corrected chi connectivity index (χ3v) is 3.08. The van der Waals surface area contributed by atoms with E-state index in [4.69, 9.17) is 4.74 Å². The first-order chi connectivity index (χ1) is 10.5. The fourth-order valence-electron chi connectivity index (χ4n) is 1.77. The highest BCUT2D eigenvalue weighted by atomic mass is 19.1. The standard InChI is InChI=1S/C17H16FNO3/c1-11-3-6-13(7-4-11)17(21)22-10-16(20)19-14-8-5-12(2)15(18)9-14/h3-9H,10H2,1-2H3,(H,19,20). The second-order valence-corrected chi connectivity index (χ2v) is 4.95. The molecule has 0 aliphatic carbocycles. The summed E-state index contributed by atoms with van der Waals surface area (Å²) in [6.07, 6.45) is 0. The van der Waals surface area contributed by atoms with Crippen molar-refractivity contribution in [1.29, 1.82) is 0 Å². The van der Waals surface area contributed by atoms with E-state index in [1.807, 2.05) is 6.92 Å². The molecule has 2 rings (SSSR count). The van der Waals surface area contributed by atoms with Gasteiger partial charge in [-0.25, -0.2) is 9.18 Å². The normalized spacial score (nSPS) is 10.1. The van der Waals surface area contributed by atoms with Crippen LogP contribution in [0.1, 0.15) is 21.5 Å². The van der Waals surface area contributed by atoms with Gasteiger partial charge in [0.2, 0.25) is 0 Å². The number of esters is 1. The number of ether oxygens (including phenoxy) is 1. The molecule has 22 heavy (non-hydrogen) atoms. The average molecular weight is 301 g/mol. The Balaban J connectivity index is 1.88. The van der Waals surface area contributed by atoms with Gasteiger partial charge in [-0.15, -0.1) is 0 Å². The van der Waals surface area contributed by atoms with Gasteiger partial charge in [-0.3, -0.25) is 4.79 Å². The maximum absolute atomic E-state index is 13.4. The number of hydrogen-bond acceptors (Lipinski definition) is 3. The monoisotopic (exact) mass is 301 g/mol. The fourth-order valence-corrected chi connectivity index (χ4v) is 1.77. The Labute approximate surface area is 127 Å². The molecule has 0 atom stereocenters. The van der Waals surface area contributed by atoms with E-state index in [2.05, 4.69) is 5.32 Å². The van der Waals surface area contributed by atoms with E-state index >= 15 is 0 Å². The topological polar surface area (TPSA) is 55.4 Å². The van der Waals surface area contributed by atoms with Crippen molar-refractivity contribution in [2.75, 3.05) is 11.9 Å². The summed E-state index contributed by atoms with van der Waals surface area (Å²) in [6, 6.07) is 11.2. The predicted molar refractivity (Wildman–Crippen MR) is 81.2 cm³/mol. The number of carbonyl (C=O) groups excluding carboxylic acids is 2. The van der Waals surface area contributed by atoms with Gasteiger partial charge in [0.25, 0.3) is 5.91 Å².